The Bertz CT molecular complexity index is 1240. The molecule has 0 unspecified atom stereocenters. The van der Waals surface area contributed by atoms with Crippen molar-refractivity contribution in [3.8, 4) is 0 Å². The number of carbonyl (C=O) groups excluding carboxylic acids is 2. The molecule has 0 saturated heterocycles. The lowest BCUT2D eigenvalue weighted by atomic mass is 10.2. The number of nitrogens with zero attached hydrogens (tertiary/aromatic N) is 1. The van der Waals surface area contributed by atoms with Gasteiger partial charge in [-0.15, -0.1) is 0 Å². The Labute approximate surface area is 193 Å². The lowest BCUT2D eigenvalue weighted by Crippen LogP contribution is -2.18. The van der Waals surface area contributed by atoms with Crippen molar-refractivity contribution in [3.05, 3.63) is 88.4 Å². The van der Waals surface area contributed by atoms with E-state index in [0.717, 1.165) is 10.0 Å². The van der Waals surface area contributed by atoms with E-state index in [1.807, 2.05) is 0 Å². The van der Waals surface area contributed by atoms with Crippen LogP contribution in [0.25, 0.3) is 0 Å². The molecule has 8 nitrogen and oxygen atoms in total. The molecule has 32 heavy (non-hydrogen) atoms. The highest BCUT2D eigenvalue weighted by molar-refractivity contribution is 9.10. The minimum Gasteiger partial charge on any atom is -0.326 e. The highest BCUT2D eigenvalue weighted by Crippen LogP contribution is 2.19. The standard InChI is InChI=1S/C22H19BrN4O4S/c1-15(28)25-19-8-2-16(3-9-19)14-24-26-22(29)17-4-10-20(11-5-17)27-32(30,31)21-12-6-18(23)7-13-21/h2-14,27H,1H3,(H,25,28)(H,26,29)/b24-14-. The Morgan fingerprint density at radius 1 is 0.875 bits per heavy atom. The summed E-state index contributed by atoms with van der Waals surface area (Å²) in [6.07, 6.45) is 1.47. The summed E-state index contributed by atoms with van der Waals surface area (Å²) in [4.78, 5) is 23.4. The van der Waals surface area contributed by atoms with Crippen LogP contribution in [0, 0.1) is 0 Å². The van der Waals surface area contributed by atoms with Gasteiger partial charge in [-0.25, -0.2) is 13.8 Å². The molecular formula is C22H19BrN4O4S. The molecule has 0 aliphatic heterocycles. The fourth-order valence-corrected chi connectivity index (χ4v) is 3.93. The summed E-state index contributed by atoms with van der Waals surface area (Å²) in [5.74, 6) is -0.607. The summed E-state index contributed by atoms with van der Waals surface area (Å²) < 4.78 is 28.1. The molecule has 0 heterocycles. The molecule has 0 aliphatic rings. The maximum Gasteiger partial charge on any atom is 0.271 e. The molecule has 0 saturated carbocycles. The topological polar surface area (TPSA) is 117 Å². The fraction of sp³-hybridized carbons (Fsp3) is 0.0455. The van der Waals surface area contributed by atoms with Crippen LogP contribution in [0.3, 0.4) is 0 Å². The van der Waals surface area contributed by atoms with Crippen molar-refractivity contribution in [3.63, 3.8) is 0 Å². The lowest BCUT2D eigenvalue weighted by molar-refractivity contribution is -0.114. The first-order chi connectivity index (χ1) is 15.2. The van der Waals surface area contributed by atoms with Crippen LogP contribution < -0.4 is 15.5 Å². The zero-order valence-corrected chi connectivity index (χ0v) is 19.3. The summed E-state index contributed by atoms with van der Waals surface area (Å²) in [5.41, 5.74) is 4.45. The van der Waals surface area contributed by atoms with E-state index in [9.17, 15) is 18.0 Å². The number of sulfonamides is 1. The normalized spacial score (nSPS) is 11.2. The van der Waals surface area contributed by atoms with Crippen molar-refractivity contribution in [2.24, 2.45) is 5.10 Å². The molecule has 0 bridgehead atoms. The van der Waals surface area contributed by atoms with Gasteiger partial charge in [0.1, 0.15) is 0 Å². The molecule has 3 aromatic rings. The molecule has 2 amide bonds. The van der Waals surface area contributed by atoms with E-state index >= 15 is 0 Å². The van der Waals surface area contributed by atoms with Gasteiger partial charge in [0, 0.05) is 28.3 Å². The quantitative estimate of drug-likeness (QED) is 0.326. The molecule has 3 N–H and O–H groups in total. The zero-order valence-electron chi connectivity index (χ0n) is 16.9. The monoisotopic (exact) mass is 514 g/mol. The van der Waals surface area contributed by atoms with Crippen LogP contribution in [-0.4, -0.2) is 26.4 Å². The maximum absolute atomic E-state index is 12.4. The predicted molar refractivity (Wildman–Crippen MR) is 127 cm³/mol. The van der Waals surface area contributed by atoms with Crippen LogP contribution in [0.2, 0.25) is 0 Å². The van der Waals surface area contributed by atoms with E-state index < -0.39 is 15.9 Å². The Hall–Kier alpha value is -3.50. The van der Waals surface area contributed by atoms with Gasteiger partial charge in [-0.1, -0.05) is 28.1 Å². The van der Waals surface area contributed by atoms with Crippen molar-refractivity contribution < 1.29 is 18.0 Å². The fourth-order valence-electron chi connectivity index (χ4n) is 2.60. The molecule has 0 aromatic heterocycles. The molecule has 164 valence electrons. The summed E-state index contributed by atoms with van der Waals surface area (Å²) in [5, 5.41) is 6.57. The Balaban J connectivity index is 1.58. The van der Waals surface area contributed by atoms with Crippen molar-refractivity contribution in [2.75, 3.05) is 10.0 Å². The van der Waals surface area contributed by atoms with Crippen molar-refractivity contribution in [2.45, 2.75) is 11.8 Å². The second kappa shape index (κ2) is 10.2. The van der Waals surface area contributed by atoms with Crippen LogP contribution >= 0.6 is 15.9 Å². The molecule has 10 heteroatoms. The van der Waals surface area contributed by atoms with Gasteiger partial charge in [0.2, 0.25) is 5.91 Å². The number of carbonyl (C=O) groups is 2. The van der Waals surface area contributed by atoms with Crippen LogP contribution in [-0.2, 0) is 14.8 Å². The van der Waals surface area contributed by atoms with Gasteiger partial charge in [0.15, 0.2) is 0 Å². The maximum atomic E-state index is 12.4. The molecule has 0 atom stereocenters. The molecule has 0 spiro atoms. The Morgan fingerprint density at radius 3 is 2.06 bits per heavy atom. The van der Waals surface area contributed by atoms with Crippen LogP contribution in [0.15, 0.2) is 87.3 Å². The number of hydrogen-bond acceptors (Lipinski definition) is 5. The Kier molecular flexibility index (Phi) is 7.39. The Morgan fingerprint density at radius 2 is 1.47 bits per heavy atom. The highest BCUT2D eigenvalue weighted by Gasteiger charge is 2.14. The minimum atomic E-state index is -3.74. The van der Waals surface area contributed by atoms with Crippen LogP contribution in [0.5, 0.6) is 0 Å². The second-order valence-electron chi connectivity index (χ2n) is 6.64. The zero-order chi connectivity index (χ0) is 23.1. The first-order valence-electron chi connectivity index (χ1n) is 9.32. The highest BCUT2D eigenvalue weighted by atomic mass is 79.9. The average Bonchev–Trinajstić information content (AvgIpc) is 2.75. The minimum absolute atomic E-state index is 0.127. The van der Waals surface area contributed by atoms with Gasteiger partial charge in [-0.05, 0) is 66.2 Å². The van der Waals surface area contributed by atoms with Gasteiger partial charge in [0.25, 0.3) is 15.9 Å². The van der Waals surface area contributed by atoms with Crippen molar-refractivity contribution in [1.29, 1.82) is 0 Å². The van der Waals surface area contributed by atoms with Crippen molar-refractivity contribution >= 4 is 55.4 Å². The van der Waals surface area contributed by atoms with Crippen molar-refractivity contribution in [1.82, 2.24) is 5.43 Å². The van der Waals surface area contributed by atoms with E-state index in [4.69, 9.17) is 0 Å². The average molecular weight is 515 g/mol. The molecular weight excluding hydrogens is 496 g/mol. The second-order valence-corrected chi connectivity index (χ2v) is 9.24. The van der Waals surface area contributed by atoms with E-state index in [0.29, 0.717) is 16.9 Å². The smallest absolute Gasteiger partial charge is 0.271 e. The lowest BCUT2D eigenvalue weighted by Gasteiger charge is -2.09. The van der Waals surface area contributed by atoms with Crippen LogP contribution in [0.4, 0.5) is 11.4 Å². The van der Waals surface area contributed by atoms with Gasteiger partial charge in [-0.3, -0.25) is 14.3 Å². The van der Waals surface area contributed by atoms with E-state index in [1.54, 1.807) is 36.4 Å². The molecule has 0 fully saturated rings. The number of hydrazone groups is 1. The van der Waals surface area contributed by atoms with Gasteiger partial charge in [0.05, 0.1) is 11.1 Å². The summed E-state index contributed by atoms with van der Waals surface area (Å²) >= 11 is 3.27. The first kappa shape index (κ1) is 23.2. The number of rotatable bonds is 7. The largest absolute Gasteiger partial charge is 0.326 e. The number of benzene rings is 3. The third-order valence-electron chi connectivity index (χ3n) is 4.13. The summed E-state index contributed by atoms with van der Waals surface area (Å²) in [6.45, 7) is 1.43. The number of anilines is 2. The summed E-state index contributed by atoms with van der Waals surface area (Å²) in [7, 11) is -3.74. The number of nitrogens with one attached hydrogen (secondary N) is 3. The van der Waals surface area contributed by atoms with E-state index in [1.165, 1.54) is 49.5 Å². The first-order valence-corrected chi connectivity index (χ1v) is 11.6. The van der Waals surface area contributed by atoms with Gasteiger partial charge < -0.3 is 5.32 Å². The van der Waals surface area contributed by atoms with E-state index in [-0.39, 0.29) is 10.8 Å². The van der Waals surface area contributed by atoms with Gasteiger partial charge >= 0.3 is 0 Å². The molecule has 0 aliphatic carbocycles. The molecule has 0 radical (unpaired) electrons. The SMILES string of the molecule is CC(=O)Nc1ccc(/C=N\NC(=O)c2ccc(NS(=O)(=O)c3ccc(Br)cc3)cc2)cc1. The number of halogens is 1. The third-order valence-corrected chi connectivity index (χ3v) is 6.06. The number of amides is 2. The molecule has 3 rings (SSSR count). The van der Waals surface area contributed by atoms with E-state index in [2.05, 4.69) is 36.5 Å². The summed E-state index contributed by atoms with van der Waals surface area (Å²) in [6, 6.07) is 19.2. The van der Waals surface area contributed by atoms with Gasteiger partial charge in [-0.2, -0.15) is 5.10 Å². The number of hydrogen-bond donors (Lipinski definition) is 3. The predicted octanol–water partition coefficient (Wildman–Crippen LogP) is 3.97. The third kappa shape index (κ3) is 6.50. The van der Waals surface area contributed by atoms with Crippen LogP contribution in [0.1, 0.15) is 22.8 Å². The molecule has 3 aromatic carbocycles.